The topological polar surface area (TPSA) is 82.0 Å². The largest absolute Gasteiger partial charge is 0.338 e. The van der Waals surface area contributed by atoms with Gasteiger partial charge in [0.25, 0.3) is 0 Å². The van der Waals surface area contributed by atoms with Gasteiger partial charge in [-0.1, -0.05) is 11.2 Å². The molecule has 1 atom stereocenters. The van der Waals surface area contributed by atoms with Crippen LogP contribution in [0.5, 0.6) is 0 Å². The minimum absolute atomic E-state index is 0.107. The smallest absolute Gasteiger partial charge is 0.223 e. The molecule has 2 heterocycles. The van der Waals surface area contributed by atoms with Crippen LogP contribution in [0.2, 0.25) is 0 Å². The first-order valence-corrected chi connectivity index (χ1v) is 6.37. The molecular weight excluding hydrogens is 298 g/mol. The molecule has 1 saturated heterocycles. The van der Waals surface area contributed by atoms with Gasteiger partial charge >= 0.3 is 0 Å². The zero-order valence-corrected chi connectivity index (χ0v) is 11.2. The first-order valence-electron chi connectivity index (χ1n) is 5.58. The summed E-state index contributed by atoms with van der Waals surface area (Å²) < 4.78 is 0.778. The number of likely N-dealkylation sites (tertiary alicyclic amines) is 1. The number of hydrogen-bond acceptors (Lipinski definition) is 3. The van der Waals surface area contributed by atoms with Crippen molar-refractivity contribution in [1.29, 1.82) is 0 Å². The SMILES string of the molecule is [N-]=[N+]=NCC1CC(=O)N(Cc2ccc(Br)nc2)C1. The van der Waals surface area contributed by atoms with Crippen molar-refractivity contribution in [3.05, 3.63) is 38.9 Å². The lowest BCUT2D eigenvalue weighted by atomic mass is 10.1. The standard InChI is InChI=1S/C11H12BrN5O/c12-10-2-1-8(4-14-10)6-17-7-9(3-11(17)18)5-15-16-13/h1-2,4,9H,3,5-7H2. The summed E-state index contributed by atoms with van der Waals surface area (Å²) in [6.45, 7) is 1.59. The number of halogens is 1. The third-order valence-electron chi connectivity index (χ3n) is 2.86. The molecule has 0 saturated carbocycles. The van der Waals surface area contributed by atoms with Crippen molar-refractivity contribution < 1.29 is 4.79 Å². The molecule has 1 fully saturated rings. The van der Waals surface area contributed by atoms with Gasteiger partial charge in [0.2, 0.25) is 5.91 Å². The van der Waals surface area contributed by atoms with Crippen LogP contribution in [0.4, 0.5) is 0 Å². The number of carbonyl (C=O) groups excluding carboxylic acids is 1. The highest BCUT2D eigenvalue weighted by atomic mass is 79.9. The third kappa shape index (κ3) is 3.21. The Kier molecular flexibility index (Phi) is 4.17. The number of amides is 1. The van der Waals surface area contributed by atoms with Crippen LogP contribution in [0.1, 0.15) is 12.0 Å². The molecule has 0 aromatic carbocycles. The van der Waals surface area contributed by atoms with E-state index in [1.807, 2.05) is 12.1 Å². The molecule has 6 nitrogen and oxygen atoms in total. The van der Waals surface area contributed by atoms with Crippen molar-refractivity contribution in [3.63, 3.8) is 0 Å². The number of hydrogen-bond donors (Lipinski definition) is 0. The van der Waals surface area contributed by atoms with Gasteiger partial charge in [-0.3, -0.25) is 4.79 Å². The lowest BCUT2D eigenvalue weighted by molar-refractivity contribution is -0.128. The fourth-order valence-electron chi connectivity index (χ4n) is 2.00. The van der Waals surface area contributed by atoms with Gasteiger partial charge in [-0.15, -0.1) is 0 Å². The Bertz CT molecular complexity index is 483. The monoisotopic (exact) mass is 309 g/mol. The van der Waals surface area contributed by atoms with Gasteiger partial charge in [-0.2, -0.15) is 0 Å². The van der Waals surface area contributed by atoms with Gasteiger partial charge in [0, 0.05) is 37.2 Å². The first kappa shape index (κ1) is 12.9. The maximum atomic E-state index is 11.8. The van der Waals surface area contributed by atoms with E-state index in [2.05, 4.69) is 30.9 Å². The number of rotatable bonds is 4. The quantitative estimate of drug-likeness (QED) is 0.370. The van der Waals surface area contributed by atoms with Gasteiger partial charge in [0.1, 0.15) is 4.60 Å². The Morgan fingerprint density at radius 1 is 1.61 bits per heavy atom. The highest BCUT2D eigenvalue weighted by Crippen LogP contribution is 2.20. The average Bonchev–Trinajstić information content (AvgIpc) is 2.70. The van der Waals surface area contributed by atoms with Gasteiger partial charge in [0.05, 0.1) is 0 Å². The number of azide groups is 1. The van der Waals surface area contributed by atoms with Crippen LogP contribution in [0.3, 0.4) is 0 Å². The third-order valence-corrected chi connectivity index (χ3v) is 3.33. The van der Waals surface area contributed by atoms with Crippen molar-refractivity contribution in [1.82, 2.24) is 9.88 Å². The zero-order chi connectivity index (χ0) is 13.0. The fourth-order valence-corrected chi connectivity index (χ4v) is 2.24. The molecule has 1 aromatic rings. The molecule has 0 radical (unpaired) electrons. The molecular formula is C11H12BrN5O. The lowest BCUT2D eigenvalue weighted by Crippen LogP contribution is -2.24. The molecule has 7 heteroatoms. The van der Waals surface area contributed by atoms with Crippen molar-refractivity contribution in [3.8, 4) is 0 Å². The Hall–Kier alpha value is -1.59. The van der Waals surface area contributed by atoms with Crippen LogP contribution in [0.15, 0.2) is 28.0 Å². The number of aromatic nitrogens is 1. The van der Waals surface area contributed by atoms with E-state index in [1.165, 1.54) is 0 Å². The van der Waals surface area contributed by atoms with E-state index in [0.29, 0.717) is 26.1 Å². The van der Waals surface area contributed by atoms with Gasteiger partial charge < -0.3 is 4.90 Å². The summed E-state index contributed by atoms with van der Waals surface area (Å²) in [5.74, 6) is 0.243. The Morgan fingerprint density at radius 3 is 3.11 bits per heavy atom. The van der Waals surface area contributed by atoms with Gasteiger partial charge in [-0.05, 0) is 39.0 Å². The lowest BCUT2D eigenvalue weighted by Gasteiger charge is -2.16. The highest BCUT2D eigenvalue weighted by molar-refractivity contribution is 9.10. The maximum Gasteiger partial charge on any atom is 0.223 e. The van der Waals surface area contributed by atoms with E-state index < -0.39 is 0 Å². The van der Waals surface area contributed by atoms with Crippen molar-refractivity contribution in [2.45, 2.75) is 13.0 Å². The summed E-state index contributed by atoms with van der Waals surface area (Å²) in [4.78, 5) is 20.4. The van der Waals surface area contributed by atoms with Crippen LogP contribution >= 0.6 is 15.9 Å². The van der Waals surface area contributed by atoms with Crippen molar-refractivity contribution >= 4 is 21.8 Å². The molecule has 0 spiro atoms. The molecule has 1 aromatic heterocycles. The Morgan fingerprint density at radius 2 is 2.44 bits per heavy atom. The number of pyridine rings is 1. The predicted octanol–water partition coefficient (Wildman–Crippen LogP) is 2.50. The first-order chi connectivity index (χ1) is 8.69. The zero-order valence-electron chi connectivity index (χ0n) is 9.66. The molecule has 18 heavy (non-hydrogen) atoms. The maximum absolute atomic E-state index is 11.8. The van der Waals surface area contributed by atoms with Crippen molar-refractivity contribution in [2.75, 3.05) is 13.1 Å². The second-order valence-corrected chi connectivity index (χ2v) is 5.06. The van der Waals surface area contributed by atoms with E-state index in [9.17, 15) is 4.79 Å². The highest BCUT2D eigenvalue weighted by Gasteiger charge is 2.28. The molecule has 1 unspecified atom stereocenters. The molecule has 1 aliphatic rings. The summed E-state index contributed by atoms with van der Waals surface area (Å²) in [5, 5.41) is 3.52. The molecule has 1 aliphatic heterocycles. The summed E-state index contributed by atoms with van der Waals surface area (Å²) >= 11 is 3.27. The average molecular weight is 310 g/mol. The molecule has 1 amide bonds. The van der Waals surface area contributed by atoms with Crippen LogP contribution < -0.4 is 0 Å². The Balaban J connectivity index is 1.95. The van der Waals surface area contributed by atoms with Gasteiger partial charge in [-0.25, -0.2) is 4.98 Å². The fraction of sp³-hybridized carbons (Fsp3) is 0.455. The molecule has 2 rings (SSSR count). The van der Waals surface area contributed by atoms with E-state index in [0.717, 1.165) is 10.2 Å². The van der Waals surface area contributed by atoms with Gasteiger partial charge in [0.15, 0.2) is 0 Å². The van der Waals surface area contributed by atoms with E-state index in [1.54, 1.807) is 11.1 Å². The predicted molar refractivity (Wildman–Crippen MR) is 69.5 cm³/mol. The van der Waals surface area contributed by atoms with Crippen LogP contribution in [0, 0.1) is 5.92 Å². The second kappa shape index (κ2) is 5.84. The van der Waals surface area contributed by atoms with E-state index >= 15 is 0 Å². The number of nitrogens with zero attached hydrogens (tertiary/aromatic N) is 5. The molecule has 0 N–H and O–H groups in total. The minimum Gasteiger partial charge on any atom is -0.338 e. The summed E-state index contributed by atoms with van der Waals surface area (Å²) in [6.07, 6.45) is 2.21. The van der Waals surface area contributed by atoms with E-state index in [-0.39, 0.29) is 11.8 Å². The van der Waals surface area contributed by atoms with Crippen LogP contribution in [0.25, 0.3) is 10.4 Å². The van der Waals surface area contributed by atoms with Crippen LogP contribution in [-0.4, -0.2) is 28.9 Å². The number of carbonyl (C=O) groups is 1. The summed E-state index contributed by atoms with van der Waals surface area (Å²) in [7, 11) is 0. The molecule has 0 bridgehead atoms. The van der Waals surface area contributed by atoms with E-state index in [4.69, 9.17) is 5.53 Å². The normalized spacial score (nSPS) is 18.8. The van der Waals surface area contributed by atoms with Crippen molar-refractivity contribution in [2.24, 2.45) is 11.0 Å². The summed E-state index contributed by atoms with van der Waals surface area (Å²) in [5.41, 5.74) is 9.26. The molecule has 94 valence electrons. The second-order valence-electron chi connectivity index (χ2n) is 4.25. The van der Waals surface area contributed by atoms with Crippen LogP contribution in [-0.2, 0) is 11.3 Å². The minimum atomic E-state index is 0.107. The molecule has 0 aliphatic carbocycles. The summed E-state index contributed by atoms with van der Waals surface area (Å²) in [6, 6.07) is 3.79. The Labute approximate surface area is 113 Å².